The fraction of sp³-hybridized carbons (Fsp3) is 0.368. The van der Waals surface area contributed by atoms with Gasteiger partial charge in [-0.15, -0.1) is 11.3 Å². The molecule has 1 atom stereocenters. The zero-order valence-electron chi connectivity index (χ0n) is 14.3. The number of nitrogens with zero attached hydrogens (tertiary/aromatic N) is 3. The molecule has 0 amide bonds. The van der Waals surface area contributed by atoms with Crippen LogP contribution in [-0.4, -0.2) is 41.6 Å². The molecule has 1 N–H and O–H groups in total. The van der Waals surface area contributed by atoms with Gasteiger partial charge in [-0.25, -0.2) is 9.97 Å². The van der Waals surface area contributed by atoms with Crippen molar-refractivity contribution in [2.45, 2.75) is 18.9 Å². The number of thiophene rings is 1. The minimum Gasteiger partial charge on any atom is -0.496 e. The second-order valence-electron chi connectivity index (χ2n) is 6.24. The summed E-state index contributed by atoms with van der Waals surface area (Å²) < 4.78 is 5.62. The molecule has 0 radical (unpaired) electrons. The Morgan fingerprint density at radius 1 is 1.20 bits per heavy atom. The zero-order valence-corrected chi connectivity index (χ0v) is 15.1. The van der Waals surface area contributed by atoms with E-state index in [1.54, 1.807) is 24.8 Å². The van der Waals surface area contributed by atoms with Crippen LogP contribution in [0.3, 0.4) is 0 Å². The number of ether oxygens (including phenoxy) is 1. The molecular formula is C19H22N4OS. The smallest absolute Gasteiger partial charge is 0.138 e. The van der Waals surface area contributed by atoms with Crippen LogP contribution >= 0.6 is 11.3 Å². The quantitative estimate of drug-likeness (QED) is 0.726. The van der Waals surface area contributed by atoms with E-state index in [2.05, 4.69) is 43.8 Å². The fourth-order valence-electron chi connectivity index (χ4n) is 3.56. The number of hydrogen-bond acceptors (Lipinski definition) is 6. The lowest BCUT2D eigenvalue weighted by Gasteiger charge is -2.29. The van der Waals surface area contributed by atoms with Crippen molar-refractivity contribution in [2.24, 2.45) is 0 Å². The van der Waals surface area contributed by atoms with E-state index in [1.807, 2.05) is 12.1 Å². The van der Waals surface area contributed by atoms with E-state index in [4.69, 9.17) is 4.74 Å². The maximum atomic E-state index is 5.62. The molecule has 3 aromatic rings. The van der Waals surface area contributed by atoms with Gasteiger partial charge in [0.1, 0.15) is 22.7 Å². The highest BCUT2D eigenvalue weighted by Gasteiger charge is 2.26. The molecule has 5 nitrogen and oxygen atoms in total. The van der Waals surface area contributed by atoms with Crippen LogP contribution in [0.5, 0.6) is 5.75 Å². The maximum Gasteiger partial charge on any atom is 0.138 e. The number of benzene rings is 1. The molecule has 6 heteroatoms. The average Bonchev–Trinajstić information content (AvgIpc) is 3.34. The summed E-state index contributed by atoms with van der Waals surface area (Å²) in [6, 6.07) is 10.7. The second kappa shape index (κ2) is 7.37. The van der Waals surface area contributed by atoms with Gasteiger partial charge in [0, 0.05) is 12.1 Å². The number of likely N-dealkylation sites (tertiary alicyclic amines) is 1. The van der Waals surface area contributed by atoms with E-state index in [0.717, 1.165) is 41.4 Å². The number of methoxy groups -OCH3 is 1. The first kappa shape index (κ1) is 16.3. The summed E-state index contributed by atoms with van der Waals surface area (Å²) in [6.07, 6.45) is 4.15. The molecule has 0 unspecified atom stereocenters. The Hall–Kier alpha value is -2.18. The number of fused-ring (bicyclic) bond motifs is 1. The number of rotatable bonds is 6. The van der Waals surface area contributed by atoms with E-state index in [9.17, 15) is 0 Å². The van der Waals surface area contributed by atoms with Crippen LogP contribution in [0.4, 0.5) is 5.82 Å². The van der Waals surface area contributed by atoms with Crippen LogP contribution in [0.1, 0.15) is 24.4 Å². The van der Waals surface area contributed by atoms with Crippen LogP contribution in [0.15, 0.2) is 42.0 Å². The van der Waals surface area contributed by atoms with Crippen molar-refractivity contribution in [1.29, 1.82) is 0 Å². The molecule has 0 spiro atoms. The molecule has 0 saturated carbocycles. The van der Waals surface area contributed by atoms with E-state index in [1.165, 1.54) is 18.4 Å². The Labute approximate surface area is 151 Å². The normalized spacial score (nSPS) is 16.2. The number of anilines is 1. The SMILES string of the molecule is COc1ccccc1[C@H](CNc1ncnc2sccc12)N1CCCC1. The van der Waals surface area contributed by atoms with Crippen LogP contribution in [0.2, 0.25) is 0 Å². The summed E-state index contributed by atoms with van der Waals surface area (Å²) >= 11 is 1.64. The molecule has 4 rings (SSSR count). The summed E-state index contributed by atoms with van der Waals surface area (Å²) in [7, 11) is 1.74. The molecule has 1 aliphatic heterocycles. The Morgan fingerprint density at radius 2 is 2.04 bits per heavy atom. The molecule has 1 aromatic carbocycles. The van der Waals surface area contributed by atoms with Crippen molar-refractivity contribution >= 4 is 27.4 Å². The van der Waals surface area contributed by atoms with Crippen LogP contribution in [0.25, 0.3) is 10.2 Å². The van der Waals surface area contributed by atoms with Gasteiger partial charge in [0.05, 0.1) is 18.5 Å². The van der Waals surface area contributed by atoms with E-state index < -0.39 is 0 Å². The van der Waals surface area contributed by atoms with Gasteiger partial charge < -0.3 is 10.1 Å². The van der Waals surface area contributed by atoms with Gasteiger partial charge in [-0.1, -0.05) is 18.2 Å². The molecule has 0 aliphatic carbocycles. The first-order valence-corrected chi connectivity index (χ1v) is 9.54. The van der Waals surface area contributed by atoms with E-state index in [0.29, 0.717) is 0 Å². The van der Waals surface area contributed by atoms with Crippen molar-refractivity contribution in [2.75, 3.05) is 32.1 Å². The molecule has 0 bridgehead atoms. The Balaban J connectivity index is 1.61. The van der Waals surface area contributed by atoms with Crippen molar-refractivity contribution in [1.82, 2.24) is 14.9 Å². The topological polar surface area (TPSA) is 50.3 Å². The summed E-state index contributed by atoms with van der Waals surface area (Å²) in [5.74, 6) is 1.86. The lowest BCUT2D eigenvalue weighted by Crippen LogP contribution is -2.31. The molecule has 2 aromatic heterocycles. The third-order valence-corrected chi connectivity index (χ3v) is 5.62. The average molecular weight is 354 g/mol. The monoisotopic (exact) mass is 354 g/mol. The van der Waals surface area contributed by atoms with E-state index in [-0.39, 0.29) is 6.04 Å². The standard InChI is InChI=1S/C19H22N4OS/c1-24-17-7-3-2-6-14(17)16(23-9-4-5-10-23)12-20-18-15-8-11-25-19(15)22-13-21-18/h2-3,6-8,11,13,16H,4-5,9-10,12H2,1H3,(H,20,21,22)/t16-/m0/s1. The maximum absolute atomic E-state index is 5.62. The second-order valence-corrected chi connectivity index (χ2v) is 7.14. The molecular weight excluding hydrogens is 332 g/mol. The predicted molar refractivity (Wildman–Crippen MR) is 102 cm³/mol. The highest BCUT2D eigenvalue weighted by atomic mass is 32.1. The van der Waals surface area contributed by atoms with Gasteiger partial charge in [0.2, 0.25) is 0 Å². The van der Waals surface area contributed by atoms with Gasteiger partial charge in [0.25, 0.3) is 0 Å². The van der Waals surface area contributed by atoms with E-state index >= 15 is 0 Å². The first-order chi connectivity index (χ1) is 12.4. The van der Waals surface area contributed by atoms with Gasteiger partial charge in [0.15, 0.2) is 0 Å². The highest BCUT2D eigenvalue weighted by molar-refractivity contribution is 7.16. The van der Waals surface area contributed by atoms with Gasteiger partial charge in [-0.05, 0) is 43.4 Å². The number of para-hydroxylation sites is 1. The fourth-order valence-corrected chi connectivity index (χ4v) is 4.29. The lowest BCUT2D eigenvalue weighted by molar-refractivity contribution is 0.249. The van der Waals surface area contributed by atoms with Gasteiger partial charge in [-0.2, -0.15) is 0 Å². The molecule has 1 saturated heterocycles. The minimum absolute atomic E-state index is 0.266. The Bertz CT molecular complexity index is 844. The van der Waals surface area contributed by atoms with Crippen molar-refractivity contribution < 1.29 is 4.74 Å². The van der Waals surface area contributed by atoms with Gasteiger partial charge in [-0.3, -0.25) is 4.90 Å². The molecule has 3 heterocycles. The number of nitrogens with one attached hydrogen (secondary N) is 1. The van der Waals surface area contributed by atoms with Gasteiger partial charge >= 0.3 is 0 Å². The Kier molecular flexibility index (Phi) is 4.81. The molecule has 130 valence electrons. The Morgan fingerprint density at radius 3 is 2.88 bits per heavy atom. The largest absolute Gasteiger partial charge is 0.496 e. The van der Waals surface area contributed by atoms with Crippen molar-refractivity contribution in [3.05, 3.63) is 47.6 Å². The summed E-state index contributed by atoms with van der Waals surface area (Å²) in [5.41, 5.74) is 1.23. The third-order valence-electron chi connectivity index (χ3n) is 4.80. The highest BCUT2D eigenvalue weighted by Crippen LogP contribution is 2.32. The zero-order chi connectivity index (χ0) is 17.1. The molecule has 1 fully saturated rings. The molecule has 1 aliphatic rings. The minimum atomic E-state index is 0.266. The number of aromatic nitrogens is 2. The van der Waals surface area contributed by atoms with Crippen molar-refractivity contribution in [3.8, 4) is 5.75 Å². The summed E-state index contributed by atoms with van der Waals surface area (Å²) in [6.45, 7) is 3.05. The first-order valence-electron chi connectivity index (χ1n) is 8.66. The van der Waals surface area contributed by atoms with Crippen LogP contribution in [-0.2, 0) is 0 Å². The van der Waals surface area contributed by atoms with Crippen LogP contribution < -0.4 is 10.1 Å². The molecule has 25 heavy (non-hydrogen) atoms. The number of hydrogen-bond donors (Lipinski definition) is 1. The van der Waals surface area contributed by atoms with Crippen molar-refractivity contribution in [3.63, 3.8) is 0 Å². The summed E-state index contributed by atoms with van der Waals surface area (Å²) in [5, 5.41) is 6.71. The lowest BCUT2D eigenvalue weighted by atomic mass is 10.0. The predicted octanol–water partition coefficient (Wildman–Crippen LogP) is 3.95. The third kappa shape index (κ3) is 3.32. The van der Waals surface area contributed by atoms with Crippen LogP contribution in [0, 0.1) is 0 Å². The summed E-state index contributed by atoms with van der Waals surface area (Å²) in [4.78, 5) is 12.3.